The van der Waals surface area contributed by atoms with Crippen LogP contribution in [-0.4, -0.2) is 0 Å². The lowest BCUT2D eigenvalue weighted by Crippen LogP contribution is -2.05. The van der Waals surface area contributed by atoms with Crippen molar-refractivity contribution in [2.45, 2.75) is 39.7 Å². The molecular formula is C19H25N. The highest BCUT2D eigenvalue weighted by molar-refractivity contribution is 5.67. The predicted molar refractivity (Wildman–Crippen MR) is 87.6 cm³/mol. The Morgan fingerprint density at radius 1 is 0.950 bits per heavy atom. The summed E-state index contributed by atoms with van der Waals surface area (Å²) in [4.78, 5) is 0. The topological polar surface area (TPSA) is 26.0 Å². The number of nitrogens with two attached hydrogens (primary N) is 1. The van der Waals surface area contributed by atoms with E-state index >= 15 is 0 Å². The minimum Gasteiger partial charge on any atom is -0.326 e. The van der Waals surface area contributed by atoms with Crippen molar-refractivity contribution in [3.05, 3.63) is 59.7 Å². The van der Waals surface area contributed by atoms with Crippen molar-refractivity contribution in [2.24, 2.45) is 11.7 Å². The van der Waals surface area contributed by atoms with Gasteiger partial charge in [-0.3, -0.25) is 0 Å². The first-order valence-electron chi connectivity index (χ1n) is 7.55. The summed E-state index contributed by atoms with van der Waals surface area (Å²) in [6.07, 6.45) is 1.19. The van der Waals surface area contributed by atoms with Gasteiger partial charge in [-0.2, -0.15) is 0 Å². The summed E-state index contributed by atoms with van der Waals surface area (Å²) in [6.45, 7) is 7.45. The smallest absolute Gasteiger partial charge is 0.0184 e. The molecule has 106 valence electrons. The monoisotopic (exact) mass is 267 g/mol. The van der Waals surface area contributed by atoms with Crippen LogP contribution in [0.1, 0.15) is 44.2 Å². The Hall–Kier alpha value is -1.60. The van der Waals surface area contributed by atoms with Crippen LogP contribution in [0.4, 0.5) is 0 Å². The van der Waals surface area contributed by atoms with E-state index in [0.717, 1.165) is 0 Å². The molecule has 0 aliphatic rings. The van der Waals surface area contributed by atoms with E-state index in [1.54, 1.807) is 0 Å². The highest BCUT2D eigenvalue weighted by Gasteiger charge is 2.13. The Bertz CT molecular complexity index is 540. The molecule has 2 aromatic carbocycles. The van der Waals surface area contributed by atoms with E-state index in [2.05, 4.69) is 63.2 Å². The van der Waals surface area contributed by atoms with Gasteiger partial charge in [-0.15, -0.1) is 0 Å². The molecule has 2 rings (SSSR count). The van der Waals surface area contributed by atoms with Crippen molar-refractivity contribution >= 4 is 0 Å². The molecule has 20 heavy (non-hydrogen) atoms. The van der Waals surface area contributed by atoms with Crippen LogP contribution >= 0.6 is 0 Å². The minimum absolute atomic E-state index is 0.585. The zero-order chi connectivity index (χ0) is 14.5. The highest BCUT2D eigenvalue weighted by Crippen LogP contribution is 2.30. The van der Waals surface area contributed by atoms with Crippen molar-refractivity contribution in [2.75, 3.05) is 0 Å². The normalized spacial score (nSPS) is 12.7. The molecule has 0 aliphatic carbocycles. The molecule has 0 saturated heterocycles. The van der Waals surface area contributed by atoms with Gasteiger partial charge in [0.2, 0.25) is 0 Å². The van der Waals surface area contributed by atoms with Crippen LogP contribution < -0.4 is 5.73 Å². The zero-order valence-electron chi connectivity index (χ0n) is 12.8. The number of benzene rings is 2. The molecule has 0 heterocycles. The third-order valence-corrected chi connectivity index (χ3v) is 4.13. The minimum atomic E-state index is 0.585. The SMILES string of the molecule is CCC(c1ccc(-c2ccccc2CN)cc1)C(C)C. The maximum Gasteiger partial charge on any atom is 0.0184 e. The lowest BCUT2D eigenvalue weighted by atomic mass is 9.85. The summed E-state index contributed by atoms with van der Waals surface area (Å²) in [5.41, 5.74) is 11.0. The van der Waals surface area contributed by atoms with Gasteiger partial charge in [0.25, 0.3) is 0 Å². The van der Waals surface area contributed by atoms with Crippen molar-refractivity contribution in [1.82, 2.24) is 0 Å². The maximum absolute atomic E-state index is 5.83. The summed E-state index contributed by atoms with van der Waals surface area (Å²) in [5, 5.41) is 0. The van der Waals surface area contributed by atoms with E-state index in [-0.39, 0.29) is 0 Å². The molecule has 1 atom stereocenters. The Balaban J connectivity index is 2.32. The van der Waals surface area contributed by atoms with Gasteiger partial charge < -0.3 is 5.73 Å². The van der Waals surface area contributed by atoms with Crippen LogP contribution in [0.5, 0.6) is 0 Å². The van der Waals surface area contributed by atoms with Crippen LogP contribution in [-0.2, 0) is 6.54 Å². The summed E-state index contributed by atoms with van der Waals surface area (Å²) in [6, 6.07) is 17.4. The molecular weight excluding hydrogens is 242 g/mol. The Kier molecular flexibility index (Phi) is 4.97. The first kappa shape index (κ1) is 14.8. The molecule has 0 bridgehead atoms. The number of hydrogen-bond acceptors (Lipinski definition) is 1. The first-order chi connectivity index (χ1) is 9.67. The zero-order valence-corrected chi connectivity index (χ0v) is 12.8. The average Bonchev–Trinajstić information content (AvgIpc) is 2.48. The number of rotatable bonds is 5. The van der Waals surface area contributed by atoms with Gasteiger partial charge in [0, 0.05) is 6.54 Å². The average molecular weight is 267 g/mol. The van der Waals surface area contributed by atoms with Crippen LogP contribution in [0, 0.1) is 5.92 Å². The standard InChI is InChI=1S/C19H25N/c1-4-18(14(2)3)15-9-11-16(12-10-15)19-8-6-5-7-17(19)13-20/h5-12,14,18H,4,13,20H2,1-3H3. The fourth-order valence-electron chi connectivity index (χ4n) is 2.98. The first-order valence-corrected chi connectivity index (χ1v) is 7.55. The molecule has 0 radical (unpaired) electrons. The largest absolute Gasteiger partial charge is 0.326 e. The van der Waals surface area contributed by atoms with E-state index < -0.39 is 0 Å². The van der Waals surface area contributed by atoms with Gasteiger partial charge in [0.15, 0.2) is 0 Å². The summed E-state index contributed by atoms with van der Waals surface area (Å²) in [7, 11) is 0. The maximum atomic E-state index is 5.83. The summed E-state index contributed by atoms with van der Waals surface area (Å²) in [5.74, 6) is 1.33. The third-order valence-electron chi connectivity index (χ3n) is 4.13. The second kappa shape index (κ2) is 6.71. The molecule has 0 amide bonds. The molecule has 2 N–H and O–H groups in total. The van der Waals surface area contributed by atoms with Gasteiger partial charge in [-0.1, -0.05) is 69.3 Å². The second-order valence-electron chi connectivity index (χ2n) is 5.74. The molecule has 1 heteroatoms. The van der Waals surface area contributed by atoms with E-state index in [1.165, 1.54) is 28.7 Å². The van der Waals surface area contributed by atoms with Crippen molar-refractivity contribution in [3.8, 4) is 11.1 Å². The highest BCUT2D eigenvalue weighted by atomic mass is 14.5. The molecule has 0 aliphatic heterocycles. The van der Waals surface area contributed by atoms with Crippen LogP contribution in [0.3, 0.4) is 0 Å². The van der Waals surface area contributed by atoms with Crippen molar-refractivity contribution in [3.63, 3.8) is 0 Å². The summed E-state index contributed by atoms with van der Waals surface area (Å²) >= 11 is 0. The van der Waals surface area contributed by atoms with Crippen molar-refractivity contribution < 1.29 is 0 Å². The Morgan fingerprint density at radius 3 is 2.15 bits per heavy atom. The molecule has 2 aromatic rings. The third kappa shape index (κ3) is 3.10. The predicted octanol–water partition coefficient (Wildman–Crippen LogP) is 4.96. The van der Waals surface area contributed by atoms with E-state index in [4.69, 9.17) is 5.73 Å². The van der Waals surface area contributed by atoms with Crippen LogP contribution in [0.2, 0.25) is 0 Å². The molecule has 0 aromatic heterocycles. The molecule has 0 spiro atoms. The van der Waals surface area contributed by atoms with Gasteiger partial charge in [-0.05, 0) is 40.5 Å². The lowest BCUT2D eigenvalue weighted by molar-refractivity contribution is 0.485. The summed E-state index contributed by atoms with van der Waals surface area (Å²) < 4.78 is 0. The molecule has 1 nitrogen and oxygen atoms in total. The van der Waals surface area contributed by atoms with Gasteiger partial charge in [-0.25, -0.2) is 0 Å². The Labute approximate surface area is 122 Å². The molecule has 1 unspecified atom stereocenters. The molecule has 0 saturated carbocycles. The van der Waals surface area contributed by atoms with Gasteiger partial charge in [0.05, 0.1) is 0 Å². The Morgan fingerprint density at radius 2 is 1.60 bits per heavy atom. The second-order valence-corrected chi connectivity index (χ2v) is 5.74. The van der Waals surface area contributed by atoms with Crippen LogP contribution in [0.25, 0.3) is 11.1 Å². The van der Waals surface area contributed by atoms with E-state index in [0.29, 0.717) is 18.4 Å². The van der Waals surface area contributed by atoms with E-state index in [1.807, 2.05) is 6.07 Å². The molecule has 0 fully saturated rings. The van der Waals surface area contributed by atoms with Gasteiger partial charge >= 0.3 is 0 Å². The number of hydrogen-bond donors (Lipinski definition) is 1. The lowest BCUT2D eigenvalue weighted by Gasteiger charge is -2.20. The fraction of sp³-hybridized carbons (Fsp3) is 0.368. The van der Waals surface area contributed by atoms with Gasteiger partial charge in [0.1, 0.15) is 0 Å². The fourth-order valence-corrected chi connectivity index (χ4v) is 2.98. The van der Waals surface area contributed by atoms with Crippen LogP contribution in [0.15, 0.2) is 48.5 Å². The quantitative estimate of drug-likeness (QED) is 0.814. The van der Waals surface area contributed by atoms with Crippen molar-refractivity contribution in [1.29, 1.82) is 0 Å². The van der Waals surface area contributed by atoms with E-state index in [9.17, 15) is 0 Å².